The number of aromatic nitrogens is 2. The van der Waals surface area contributed by atoms with Gasteiger partial charge >= 0.3 is 0 Å². The van der Waals surface area contributed by atoms with Crippen molar-refractivity contribution in [3.05, 3.63) is 60.2 Å². The summed E-state index contributed by atoms with van der Waals surface area (Å²) in [6.45, 7) is 0.485. The van der Waals surface area contributed by atoms with Gasteiger partial charge in [-0.3, -0.25) is 0 Å². The molecule has 0 aliphatic rings. The molecule has 0 aliphatic heterocycles. The molecule has 1 heterocycles. The molecule has 3 rings (SSSR count). The van der Waals surface area contributed by atoms with Crippen LogP contribution in [-0.2, 0) is 6.54 Å². The van der Waals surface area contributed by atoms with Gasteiger partial charge < -0.3 is 11.1 Å². The Morgan fingerprint density at radius 3 is 2.85 bits per heavy atom. The predicted molar refractivity (Wildman–Crippen MR) is 77.7 cm³/mol. The van der Waals surface area contributed by atoms with E-state index in [2.05, 4.69) is 15.3 Å². The zero-order valence-corrected chi connectivity index (χ0v) is 10.7. The Morgan fingerprint density at radius 2 is 2.00 bits per heavy atom. The molecule has 1 aromatic heterocycles. The minimum absolute atomic E-state index is 0.249. The van der Waals surface area contributed by atoms with Crippen molar-refractivity contribution >= 4 is 22.4 Å². The van der Waals surface area contributed by atoms with Gasteiger partial charge in [0.15, 0.2) is 0 Å². The first-order chi connectivity index (χ1) is 9.72. The summed E-state index contributed by atoms with van der Waals surface area (Å²) in [5.74, 6) is 0.438. The number of nitrogen functional groups attached to an aromatic ring is 1. The van der Waals surface area contributed by atoms with Crippen molar-refractivity contribution in [2.75, 3.05) is 11.1 Å². The lowest BCUT2D eigenvalue weighted by Crippen LogP contribution is -2.03. The summed E-state index contributed by atoms with van der Waals surface area (Å²) in [5.41, 5.74) is 8.10. The van der Waals surface area contributed by atoms with Crippen molar-refractivity contribution in [3.8, 4) is 0 Å². The molecule has 0 spiro atoms. The van der Waals surface area contributed by atoms with Crippen molar-refractivity contribution in [1.29, 1.82) is 0 Å². The third-order valence-electron chi connectivity index (χ3n) is 3.01. The standard InChI is InChI=1S/C15H13FN4/c16-11-3-1-2-10(6-11)8-18-15-13-7-12(17)4-5-14(13)19-9-20-15/h1-7,9H,8,17H2,(H,18,19,20). The maximum absolute atomic E-state index is 13.1. The molecule has 3 aromatic rings. The van der Waals surface area contributed by atoms with Crippen LogP contribution in [0.2, 0.25) is 0 Å². The van der Waals surface area contributed by atoms with Crippen LogP contribution in [0.1, 0.15) is 5.56 Å². The largest absolute Gasteiger partial charge is 0.399 e. The normalized spacial score (nSPS) is 10.7. The lowest BCUT2D eigenvalue weighted by Gasteiger charge is -2.09. The Morgan fingerprint density at radius 1 is 1.10 bits per heavy atom. The molecular weight excluding hydrogens is 255 g/mol. The number of hydrogen-bond acceptors (Lipinski definition) is 4. The molecule has 0 unspecified atom stereocenters. The van der Waals surface area contributed by atoms with Crippen molar-refractivity contribution in [1.82, 2.24) is 9.97 Å². The van der Waals surface area contributed by atoms with Gasteiger partial charge in [0.1, 0.15) is 18.0 Å². The van der Waals surface area contributed by atoms with E-state index in [1.54, 1.807) is 12.1 Å². The highest BCUT2D eigenvalue weighted by molar-refractivity contribution is 5.91. The van der Waals surface area contributed by atoms with Crippen LogP contribution in [0.25, 0.3) is 10.9 Å². The second-order valence-electron chi connectivity index (χ2n) is 4.48. The van der Waals surface area contributed by atoms with Gasteiger partial charge in [0.25, 0.3) is 0 Å². The van der Waals surface area contributed by atoms with E-state index in [0.717, 1.165) is 16.5 Å². The van der Waals surface area contributed by atoms with Crippen LogP contribution in [0.5, 0.6) is 0 Å². The summed E-state index contributed by atoms with van der Waals surface area (Å²) < 4.78 is 13.1. The highest BCUT2D eigenvalue weighted by Crippen LogP contribution is 2.22. The fraction of sp³-hybridized carbons (Fsp3) is 0.0667. The monoisotopic (exact) mass is 268 g/mol. The third kappa shape index (κ3) is 2.51. The summed E-state index contributed by atoms with van der Waals surface area (Å²) in [5, 5.41) is 4.04. The van der Waals surface area contributed by atoms with Crippen LogP contribution >= 0.6 is 0 Å². The summed E-state index contributed by atoms with van der Waals surface area (Å²) in [6, 6.07) is 11.9. The van der Waals surface area contributed by atoms with E-state index >= 15 is 0 Å². The molecule has 4 nitrogen and oxygen atoms in total. The van der Waals surface area contributed by atoms with Gasteiger partial charge in [0.2, 0.25) is 0 Å². The fourth-order valence-electron chi connectivity index (χ4n) is 2.05. The molecule has 0 fully saturated rings. The first-order valence-corrected chi connectivity index (χ1v) is 6.21. The molecule has 0 saturated carbocycles. The number of nitrogens with zero attached hydrogens (tertiary/aromatic N) is 2. The van der Waals surface area contributed by atoms with E-state index in [1.165, 1.54) is 18.5 Å². The van der Waals surface area contributed by atoms with Gasteiger partial charge in [-0.05, 0) is 35.9 Å². The Balaban J connectivity index is 1.89. The zero-order valence-electron chi connectivity index (χ0n) is 10.7. The molecule has 0 amide bonds. The summed E-state index contributed by atoms with van der Waals surface area (Å²) in [7, 11) is 0. The van der Waals surface area contributed by atoms with Gasteiger partial charge in [0.05, 0.1) is 5.52 Å². The number of hydrogen-bond donors (Lipinski definition) is 2. The first-order valence-electron chi connectivity index (χ1n) is 6.21. The van der Waals surface area contributed by atoms with E-state index < -0.39 is 0 Å². The molecule has 0 atom stereocenters. The van der Waals surface area contributed by atoms with Crippen molar-refractivity contribution in [3.63, 3.8) is 0 Å². The smallest absolute Gasteiger partial charge is 0.137 e. The van der Waals surface area contributed by atoms with E-state index in [1.807, 2.05) is 18.2 Å². The fourth-order valence-corrected chi connectivity index (χ4v) is 2.05. The molecule has 0 saturated heterocycles. The number of nitrogens with one attached hydrogen (secondary N) is 1. The van der Waals surface area contributed by atoms with Crippen LogP contribution in [0.4, 0.5) is 15.9 Å². The molecule has 5 heteroatoms. The number of rotatable bonds is 3. The van der Waals surface area contributed by atoms with Gasteiger partial charge in [0, 0.05) is 17.6 Å². The van der Waals surface area contributed by atoms with Crippen LogP contribution < -0.4 is 11.1 Å². The molecule has 2 aromatic carbocycles. The third-order valence-corrected chi connectivity index (χ3v) is 3.01. The Kier molecular flexibility index (Phi) is 3.16. The van der Waals surface area contributed by atoms with Crippen molar-refractivity contribution in [2.24, 2.45) is 0 Å². The predicted octanol–water partition coefficient (Wildman–Crippen LogP) is 2.96. The summed E-state index contributed by atoms with van der Waals surface area (Å²) in [4.78, 5) is 8.40. The Hall–Kier alpha value is -2.69. The molecule has 0 radical (unpaired) electrons. The Bertz CT molecular complexity index is 758. The summed E-state index contributed by atoms with van der Waals surface area (Å²) >= 11 is 0. The first kappa shape index (κ1) is 12.3. The SMILES string of the molecule is Nc1ccc2ncnc(NCc3cccc(F)c3)c2c1. The van der Waals surface area contributed by atoms with Crippen LogP contribution in [0.3, 0.4) is 0 Å². The van der Waals surface area contributed by atoms with Crippen molar-refractivity contribution in [2.45, 2.75) is 6.54 Å². The highest BCUT2D eigenvalue weighted by atomic mass is 19.1. The number of fused-ring (bicyclic) bond motifs is 1. The topological polar surface area (TPSA) is 63.8 Å². The lowest BCUT2D eigenvalue weighted by atomic mass is 10.2. The number of anilines is 2. The van der Waals surface area contributed by atoms with Crippen molar-refractivity contribution < 1.29 is 4.39 Å². The number of benzene rings is 2. The molecule has 0 aliphatic carbocycles. The summed E-state index contributed by atoms with van der Waals surface area (Å²) in [6.07, 6.45) is 1.49. The minimum Gasteiger partial charge on any atom is -0.399 e. The maximum atomic E-state index is 13.1. The Labute approximate surface area is 115 Å². The second kappa shape index (κ2) is 5.13. The number of nitrogens with two attached hydrogens (primary N) is 1. The van der Waals surface area contributed by atoms with Gasteiger partial charge in [-0.2, -0.15) is 0 Å². The zero-order chi connectivity index (χ0) is 13.9. The molecular formula is C15H13FN4. The molecule has 0 bridgehead atoms. The average molecular weight is 268 g/mol. The van der Waals surface area contributed by atoms with Gasteiger partial charge in [-0.1, -0.05) is 12.1 Å². The molecule has 20 heavy (non-hydrogen) atoms. The van der Waals surface area contributed by atoms with Gasteiger partial charge in [-0.15, -0.1) is 0 Å². The lowest BCUT2D eigenvalue weighted by molar-refractivity contribution is 0.626. The highest BCUT2D eigenvalue weighted by Gasteiger charge is 2.04. The number of halogens is 1. The minimum atomic E-state index is -0.249. The molecule has 3 N–H and O–H groups in total. The van der Waals surface area contributed by atoms with E-state index in [4.69, 9.17) is 5.73 Å². The van der Waals surface area contributed by atoms with Crippen LogP contribution in [0, 0.1) is 5.82 Å². The maximum Gasteiger partial charge on any atom is 0.137 e. The second-order valence-corrected chi connectivity index (χ2v) is 4.48. The van der Waals surface area contributed by atoms with Crippen LogP contribution in [0.15, 0.2) is 48.8 Å². The van der Waals surface area contributed by atoms with E-state index in [-0.39, 0.29) is 5.82 Å². The van der Waals surface area contributed by atoms with Crippen LogP contribution in [-0.4, -0.2) is 9.97 Å². The molecule has 100 valence electrons. The quantitative estimate of drug-likeness (QED) is 0.717. The van der Waals surface area contributed by atoms with E-state index in [9.17, 15) is 4.39 Å². The average Bonchev–Trinajstić information content (AvgIpc) is 2.45. The van der Waals surface area contributed by atoms with Gasteiger partial charge in [-0.25, -0.2) is 14.4 Å². The van der Waals surface area contributed by atoms with E-state index in [0.29, 0.717) is 18.1 Å².